The van der Waals surface area contributed by atoms with Crippen LogP contribution in [0.25, 0.3) is 26.3 Å². The molecule has 0 radical (unpaired) electrons. The van der Waals surface area contributed by atoms with Crippen LogP contribution in [0.3, 0.4) is 0 Å². The smallest absolute Gasteiger partial charge is 0.308 e. The van der Waals surface area contributed by atoms with Crippen LogP contribution in [0.4, 0.5) is 0 Å². The molecular formula is C23H21O3P. The molecule has 0 N–H and O–H groups in total. The van der Waals surface area contributed by atoms with Crippen LogP contribution in [-0.2, 0) is 4.79 Å². The van der Waals surface area contributed by atoms with E-state index < -0.39 is 7.53 Å². The van der Waals surface area contributed by atoms with E-state index >= 15 is 0 Å². The van der Waals surface area contributed by atoms with Gasteiger partial charge in [0.1, 0.15) is 11.5 Å². The number of carbonyl (C=O) groups is 1. The molecule has 4 aromatic rings. The number of hydrogen-bond donors (Lipinski definition) is 0. The summed E-state index contributed by atoms with van der Waals surface area (Å²) < 4.78 is 11.0. The van der Waals surface area contributed by atoms with E-state index in [1.54, 1.807) is 7.11 Å². The third-order valence-corrected chi connectivity index (χ3v) is 7.36. The van der Waals surface area contributed by atoms with Gasteiger partial charge in [-0.15, -0.1) is 0 Å². The summed E-state index contributed by atoms with van der Waals surface area (Å²) in [6.45, 7) is 5.51. The lowest BCUT2D eigenvalue weighted by molar-refractivity contribution is -0.131. The molecule has 0 saturated carbocycles. The largest absolute Gasteiger partial charge is 0.496 e. The van der Waals surface area contributed by atoms with Crippen LogP contribution in [0, 0.1) is 13.8 Å². The fraction of sp³-hybridized carbons (Fsp3) is 0.174. The van der Waals surface area contributed by atoms with E-state index in [9.17, 15) is 4.79 Å². The highest BCUT2D eigenvalue weighted by Gasteiger charge is 2.18. The average molecular weight is 376 g/mol. The van der Waals surface area contributed by atoms with Crippen molar-refractivity contribution in [3.05, 3.63) is 65.7 Å². The highest BCUT2D eigenvalue weighted by molar-refractivity contribution is 7.67. The first-order valence-electron chi connectivity index (χ1n) is 8.87. The maximum Gasteiger partial charge on any atom is 0.308 e. The van der Waals surface area contributed by atoms with E-state index in [-0.39, 0.29) is 5.97 Å². The number of carbonyl (C=O) groups excluding carboxylic acids is 1. The zero-order chi connectivity index (χ0) is 19.1. The minimum atomic E-state index is -0.650. The standard InChI is InChI=1S/C23H21O3P/c1-14-10-22-18(12-20(14)25-4)19-13-21(26-16(3)24)15(2)11-23(19)27(22)17-8-6-5-7-9-17/h5-13H,1-4H3. The van der Waals surface area contributed by atoms with Crippen molar-refractivity contribution in [1.29, 1.82) is 0 Å². The Labute approximate surface area is 159 Å². The third-order valence-electron chi connectivity index (χ3n) is 4.85. The maximum absolute atomic E-state index is 11.5. The van der Waals surface area contributed by atoms with Crippen molar-refractivity contribution in [3.8, 4) is 16.8 Å². The van der Waals surface area contributed by atoms with Gasteiger partial charge in [0.05, 0.1) is 7.11 Å². The first kappa shape index (κ1) is 17.6. The molecule has 0 saturated heterocycles. The minimum absolute atomic E-state index is 0.303. The Morgan fingerprint density at radius 2 is 1.41 bits per heavy atom. The second-order valence-corrected chi connectivity index (χ2v) is 8.89. The van der Waals surface area contributed by atoms with Gasteiger partial charge in [-0.3, -0.25) is 4.79 Å². The van der Waals surface area contributed by atoms with Crippen LogP contribution in [0.5, 0.6) is 11.5 Å². The van der Waals surface area contributed by atoms with Gasteiger partial charge in [-0.2, -0.15) is 0 Å². The lowest BCUT2D eigenvalue weighted by Crippen LogP contribution is -2.02. The Balaban J connectivity index is 2.15. The molecule has 0 amide bonds. The van der Waals surface area contributed by atoms with Crippen molar-refractivity contribution in [1.82, 2.24) is 0 Å². The maximum atomic E-state index is 11.5. The van der Waals surface area contributed by atoms with Crippen LogP contribution in [0.15, 0.2) is 54.6 Å². The highest BCUT2D eigenvalue weighted by Crippen LogP contribution is 2.56. The molecule has 0 spiro atoms. The number of esters is 1. The molecule has 0 aliphatic heterocycles. The number of rotatable bonds is 3. The molecular weight excluding hydrogens is 355 g/mol. The second-order valence-electron chi connectivity index (χ2n) is 6.74. The van der Waals surface area contributed by atoms with Crippen molar-refractivity contribution in [3.63, 3.8) is 0 Å². The predicted octanol–water partition coefficient (Wildman–Crippen LogP) is 6.52. The monoisotopic (exact) mass is 376 g/mol. The molecule has 27 heavy (non-hydrogen) atoms. The topological polar surface area (TPSA) is 35.5 Å². The first-order valence-corrected chi connectivity index (χ1v) is 10.2. The third kappa shape index (κ3) is 2.98. The average Bonchev–Trinajstić information content (AvgIpc) is 2.93. The van der Waals surface area contributed by atoms with E-state index in [1.165, 1.54) is 22.5 Å². The van der Waals surface area contributed by atoms with Gasteiger partial charge in [0.15, 0.2) is 0 Å². The van der Waals surface area contributed by atoms with E-state index in [1.807, 2.05) is 19.1 Å². The SMILES string of the molecule is COc1cc2c3cc(OC(C)=O)c(C)cc3p(-c3ccccc3)c2cc1C. The van der Waals surface area contributed by atoms with Gasteiger partial charge in [-0.05, 0) is 65.3 Å². The zero-order valence-corrected chi connectivity index (χ0v) is 16.8. The highest BCUT2D eigenvalue weighted by atomic mass is 31.1. The summed E-state index contributed by atoms with van der Waals surface area (Å²) in [5.41, 5.74) is 2.10. The first-order chi connectivity index (χ1) is 13.0. The van der Waals surface area contributed by atoms with Gasteiger partial charge in [-0.1, -0.05) is 37.9 Å². The van der Waals surface area contributed by atoms with E-state index in [0.717, 1.165) is 27.6 Å². The molecule has 0 aliphatic carbocycles. The van der Waals surface area contributed by atoms with Crippen molar-refractivity contribution in [2.75, 3.05) is 7.11 Å². The van der Waals surface area contributed by atoms with Gasteiger partial charge in [0.25, 0.3) is 0 Å². The zero-order valence-electron chi connectivity index (χ0n) is 15.9. The predicted molar refractivity (Wildman–Crippen MR) is 113 cm³/mol. The van der Waals surface area contributed by atoms with E-state index in [2.05, 4.69) is 49.4 Å². The summed E-state index contributed by atoms with van der Waals surface area (Å²) in [4.78, 5) is 11.5. The molecule has 1 heterocycles. The number of fused-ring (bicyclic) bond motifs is 3. The van der Waals surface area contributed by atoms with Gasteiger partial charge in [0.2, 0.25) is 0 Å². The van der Waals surface area contributed by atoms with Gasteiger partial charge in [0, 0.05) is 17.2 Å². The van der Waals surface area contributed by atoms with Crippen LogP contribution < -0.4 is 9.47 Å². The van der Waals surface area contributed by atoms with Crippen molar-refractivity contribution < 1.29 is 14.3 Å². The Morgan fingerprint density at radius 3 is 1.96 bits per heavy atom. The number of benzene rings is 3. The van der Waals surface area contributed by atoms with Crippen molar-refractivity contribution in [2.45, 2.75) is 20.8 Å². The van der Waals surface area contributed by atoms with Crippen LogP contribution in [0.2, 0.25) is 0 Å². The summed E-state index contributed by atoms with van der Waals surface area (Å²) in [5.74, 6) is 1.19. The van der Waals surface area contributed by atoms with Gasteiger partial charge < -0.3 is 9.47 Å². The Morgan fingerprint density at radius 1 is 0.852 bits per heavy atom. The van der Waals surface area contributed by atoms with E-state index in [0.29, 0.717) is 5.75 Å². The summed E-state index contributed by atoms with van der Waals surface area (Å²) >= 11 is 0. The lowest BCUT2D eigenvalue weighted by Gasteiger charge is -2.08. The number of ether oxygens (including phenoxy) is 2. The molecule has 3 aromatic carbocycles. The number of hydrogen-bond acceptors (Lipinski definition) is 3. The number of methoxy groups -OCH3 is 1. The van der Waals surface area contributed by atoms with Crippen LogP contribution in [-0.4, -0.2) is 13.1 Å². The molecule has 0 bridgehead atoms. The molecule has 4 rings (SSSR count). The number of aryl methyl sites for hydroxylation is 2. The van der Waals surface area contributed by atoms with Crippen LogP contribution >= 0.6 is 7.53 Å². The van der Waals surface area contributed by atoms with Crippen molar-refractivity contribution >= 4 is 34.5 Å². The molecule has 4 heteroatoms. The van der Waals surface area contributed by atoms with Crippen molar-refractivity contribution in [2.24, 2.45) is 0 Å². The fourth-order valence-electron chi connectivity index (χ4n) is 3.62. The lowest BCUT2D eigenvalue weighted by atomic mass is 10.1. The molecule has 3 nitrogen and oxygen atoms in total. The summed E-state index contributed by atoms with van der Waals surface area (Å²) in [5, 5.41) is 6.23. The van der Waals surface area contributed by atoms with E-state index in [4.69, 9.17) is 9.47 Å². The summed E-state index contributed by atoms with van der Waals surface area (Å²) in [6.07, 6.45) is 0. The normalized spacial score (nSPS) is 11.8. The summed E-state index contributed by atoms with van der Waals surface area (Å²) in [7, 11) is 1.05. The van der Waals surface area contributed by atoms with Crippen LogP contribution in [0.1, 0.15) is 18.1 Å². The molecule has 0 aliphatic rings. The second kappa shape index (κ2) is 6.75. The summed E-state index contributed by atoms with van der Waals surface area (Å²) in [6, 6.07) is 19.1. The molecule has 1 aromatic heterocycles. The van der Waals surface area contributed by atoms with Gasteiger partial charge in [-0.25, -0.2) is 0 Å². The molecule has 0 fully saturated rings. The fourth-order valence-corrected chi connectivity index (χ4v) is 6.40. The minimum Gasteiger partial charge on any atom is -0.496 e. The Hall–Kier alpha value is -2.77. The Bertz CT molecular complexity index is 1170. The molecule has 1 unspecified atom stereocenters. The molecule has 136 valence electrons. The quantitative estimate of drug-likeness (QED) is 0.302. The molecule has 1 atom stereocenters. The van der Waals surface area contributed by atoms with Gasteiger partial charge >= 0.3 is 5.97 Å². The Kier molecular flexibility index (Phi) is 4.41.